The van der Waals surface area contributed by atoms with Gasteiger partial charge in [0, 0.05) is 6.04 Å². The molecule has 1 rings (SSSR count). The Balaban J connectivity index is 2.13. The van der Waals surface area contributed by atoms with Gasteiger partial charge in [-0.1, -0.05) is 44.3 Å². The van der Waals surface area contributed by atoms with Gasteiger partial charge in [-0.3, -0.25) is 0 Å². The third-order valence-corrected chi connectivity index (χ3v) is 3.24. The molecule has 0 aromatic heterocycles. The van der Waals surface area contributed by atoms with Crippen molar-refractivity contribution < 1.29 is 0 Å². The second kappa shape index (κ2) is 5.43. The molecule has 0 aromatic carbocycles. The van der Waals surface area contributed by atoms with Crippen molar-refractivity contribution >= 4 is 0 Å². The Bertz CT molecular complexity index is 157. The lowest BCUT2D eigenvalue weighted by Gasteiger charge is -2.22. The predicted octanol–water partition coefficient (Wildman–Crippen LogP) is 3.25. The highest BCUT2D eigenvalue weighted by atomic mass is 14.6. The van der Waals surface area contributed by atoms with Crippen molar-refractivity contribution in [1.82, 2.24) is 0 Å². The Labute approximate surface area is 82.4 Å². The molecular formula is C12H23N. The van der Waals surface area contributed by atoms with Gasteiger partial charge in [0.05, 0.1) is 0 Å². The monoisotopic (exact) mass is 181 g/mol. The Morgan fingerprint density at radius 1 is 1.38 bits per heavy atom. The second-order valence-electron chi connectivity index (χ2n) is 4.53. The highest BCUT2D eigenvalue weighted by Gasteiger charge is 2.14. The van der Waals surface area contributed by atoms with E-state index < -0.39 is 0 Å². The maximum absolute atomic E-state index is 5.93. The fourth-order valence-electron chi connectivity index (χ4n) is 2.14. The molecular weight excluding hydrogens is 158 g/mol. The lowest BCUT2D eigenvalue weighted by atomic mass is 9.85. The predicted molar refractivity (Wildman–Crippen MR) is 58.6 cm³/mol. The lowest BCUT2D eigenvalue weighted by Crippen LogP contribution is -2.22. The molecule has 0 aliphatic heterocycles. The zero-order chi connectivity index (χ0) is 9.68. The molecule has 1 saturated carbocycles. The summed E-state index contributed by atoms with van der Waals surface area (Å²) >= 11 is 0. The Hall–Kier alpha value is -0.300. The van der Waals surface area contributed by atoms with Crippen LogP contribution in [0.4, 0.5) is 0 Å². The third kappa shape index (κ3) is 3.95. The Morgan fingerprint density at radius 3 is 2.54 bits per heavy atom. The Kier molecular flexibility index (Phi) is 4.51. The van der Waals surface area contributed by atoms with Gasteiger partial charge in [-0.2, -0.15) is 0 Å². The summed E-state index contributed by atoms with van der Waals surface area (Å²) in [6.07, 6.45) is 9.64. The molecule has 1 nitrogen and oxygen atoms in total. The topological polar surface area (TPSA) is 26.0 Å². The first-order valence-electron chi connectivity index (χ1n) is 5.61. The van der Waals surface area contributed by atoms with Crippen LogP contribution in [-0.4, -0.2) is 6.04 Å². The average molecular weight is 181 g/mol. The summed E-state index contributed by atoms with van der Waals surface area (Å²) < 4.78 is 0. The minimum Gasteiger partial charge on any atom is -0.324 e. The van der Waals surface area contributed by atoms with Crippen molar-refractivity contribution in [3.8, 4) is 0 Å². The van der Waals surface area contributed by atoms with Crippen LogP contribution in [0, 0.1) is 5.92 Å². The molecule has 0 spiro atoms. The molecule has 76 valence electrons. The van der Waals surface area contributed by atoms with Crippen molar-refractivity contribution in [3.05, 3.63) is 12.2 Å². The molecule has 0 aromatic rings. The molecule has 0 amide bonds. The van der Waals surface area contributed by atoms with Crippen LogP contribution < -0.4 is 5.73 Å². The zero-order valence-electron chi connectivity index (χ0n) is 8.89. The number of hydrogen-bond donors (Lipinski definition) is 1. The average Bonchev–Trinajstić information content (AvgIpc) is 2.15. The first kappa shape index (κ1) is 10.8. The van der Waals surface area contributed by atoms with Crippen molar-refractivity contribution in [3.63, 3.8) is 0 Å². The van der Waals surface area contributed by atoms with Crippen LogP contribution in [0.5, 0.6) is 0 Å². The van der Waals surface area contributed by atoms with Crippen LogP contribution in [0.1, 0.15) is 51.9 Å². The normalized spacial score (nSPS) is 21.4. The van der Waals surface area contributed by atoms with E-state index in [-0.39, 0.29) is 6.04 Å². The molecule has 0 heterocycles. The van der Waals surface area contributed by atoms with Crippen LogP contribution in [0.25, 0.3) is 0 Å². The molecule has 1 fully saturated rings. The van der Waals surface area contributed by atoms with Gasteiger partial charge in [0.1, 0.15) is 0 Å². The summed E-state index contributed by atoms with van der Waals surface area (Å²) in [4.78, 5) is 0. The van der Waals surface area contributed by atoms with Crippen LogP contribution in [0.15, 0.2) is 12.2 Å². The second-order valence-corrected chi connectivity index (χ2v) is 4.53. The van der Waals surface area contributed by atoms with Crippen LogP contribution in [0.3, 0.4) is 0 Å². The fourth-order valence-corrected chi connectivity index (χ4v) is 2.14. The van der Waals surface area contributed by atoms with Gasteiger partial charge in [0.25, 0.3) is 0 Å². The molecule has 1 aliphatic rings. The van der Waals surface area contributed by atoms with Crippen molar-refractivity contribution in [2.24, 2.45) is 11.7 Å². The molecule has 1 atom stereocenters. The lowest BCUT2D eigenvalue weighted by molar-refractivity contribution is 0.327. The SMILES string of the molecule is C=C(C)C(N)CCC1CCCCC1. The standard InChI is InChI=1S/C12H23N/c1-10(2)12(13)9-8-11-6-4-3-5-7-11/h11-12H,1,3-9,13H2,2H3. The minimum absolute atomic E-state index is 0.238. The maximum Gasteiger partial charge on any atom is 0.0248 e. The van der Waals surface area contributed by atoms with E-state index in [1.54, 1.807) is 0 Å². The summed E-state index contributed by atoms with van der Waals surface area (Å²) in [6, 6.07) is 0.238. The molecule has 1 aliphatic carbocycles. The van der Waals surface area contributed by atoms with E-state index in [1.165, 1.54) is 38.5 Å². The highest BCUT2D eigenvalue weighted by molar-refractivity contribution is 4.99. The summed E-state index contributed by atoms with van der Waals surface area (Å²) in [6.45, 7) is 5.93. The van der Waals surface area contributed by atoms with E-state index in [0.717, 1.165) is 17.9 Å². The van der Waals surface area contributed by atoms with Crippen LogP contribution >= 0.6 is 0 Å². The molecule has 1 heteroatoms. The van der Waals surface area contributed by atoms with Gasteiger partial charge < -0.3 is 5.73 Å². The van der Waals surface area contributed by atoms with E-state index in [9.17, 15) is 0 Å². The van der Waals surface area contributed by atoms with E-state index >= 15 is 0 Å². The first-order chi connectivity index (χ1) is 6.20. The number of rotatable bonds is 4. The third-order valence-electron chi connectivity index (χ3n) is 3.24. The van der Waals surface area contributed by atoms with Crippen LogP contribution in [-0.2, 0) is 0 Å². The van der Waals surface area contributed by atoms with Gasteiger partial charge in [-0.05, 0) is 25.7 Å². The molecule has 0 saturated heterocycles. The van der Waals surface area contributed by atoms with Crippen LogP contribution in [0.2, 0.25) is 0 Å². The van der Waals surface area contributed by atoms with Crippen molar-refractivity contribution in [2.45, 2.75) is 57.9 Å². The summed E-state index contributed by atoms with van der Waals surface area (Å²) in [5, 5.41) is 0. The van der Waals surface area contributed by atoms with Gasteiger partial charge in [-0.15, -0.1) is 0 Å². The summed E-state index contributed by atoms with van der Waals surface area (Å²) in [5.74, 6) is 0.958. The molecule has 0 radical (unpaired) electrons. The van der Waals surface area contributed by atoms with E-state index in [0.29, 0.717) is 0 Å². The van der Waals surface area contributed by atoms with Gasteiger partial charge in [0.15, 0.2) is 0 Å². The molecule has 0 bridgehead atoms. The summed E-state index contributed by atoms with van der Waals surface area (Å²) in [7, 11) is 0. The number of nitrogens with two attached hydrogens (primary N) is 1. The quantitative estimate of drug-likeness (QED) is 0.662. The smallest absolute Gasteiger partial charge is 0.0248 e. The van der Waals surface area contributed by atoms with E-state index in [2.05, 4.69) is 6.58 Å². The van der Waals surface area contributed by atoms with E-state index in [1.807, 2.05) is 6.92 Å². The zero-order valence-corrected chi connectivity index (χ0v) is 8.89. The Morgan fingerprint density at radius 2 is 2.00 bits per heavy atom. The van der Waals surface area contributed by atoms with Gasteiger partial charge >= 0.3 is 0 Å². The highest BCUT2D eigenvalue weighted by Crippen LogP contribution is 2.27. The minimum atomic E-state index is 0.238. The molecule has 2 N–H and O–H groups in total. The first-order valence-corrected chi connectivity index (χ1v) is 5.61. The van der Waals surface area contributed by atoms with E-state index in [4.69, 9.17) is 5.73 Å². The molecule has 1 unspecified atom stereocenters. The van der Waals surface area contributed by atoms with Gasteiger partial charge in [-0.25, -0.2) is 0 Å². The van der Waals surface area contributed by atoms with Gasteiger partial charge in [0.2, 0.25) is 0 Å². The van der Waals surface area contributed by atoms with Crippen molar-refractivity contribution in [2.75, 3.05) is 0 Å². The number of hydrogen-bond acceptors (Lipinski definition) is 1. The largest absolute Gasteiger partial charge is 0.324 e. The summed E-state index contributed by atoms with van der Waals surface area (Å²) in [5.41, 5.74) is 7.07. The maximum atomic E-state index is 5.93. The fraction of sp³-hybridized carbons (Fsp3) is 0.833. The van der Waals surface area contributed by atoms with Crippen molar-refractivity contribution in [1.29, 1.82) is 0 Å². The molecule has 13 heavy (non-hydrogen) atoms.